The van der Waals surface area contributed by atoms with E-state index in [0.717, 1.165) is 13.1 Å². The van der Waals surface area contributed by atoms with Crippen LogP contribution in [0, 0.1) is 5.82 Å². The number of hydrogen-bond donors (Lipinski definition) is 3. The van der Waals surface area contributed by atoms with Gasteiger partial charge in [0.15, 0.2) is 18.6 Å². The third-order valence-electron chi connectivity index (χ3n) is 6.30. The molecule has 3 aromatic rings. The predicted molar refractivity (Wildman–Crippen MR) is 116 cm³/mol. The van der Waals surface area contributed by atoms with Crippen molar-refractivity contribution < 1.29 is 14.4 Å². The average Bonchev–Trinajstić information content (AvgIpc) is 3.60. The van der Waals surface area contributed by atoms with Gasteiger partial charge in [0.05, 0.1) is 5.39 Å². The second-order valence-corrected chi connectivity index (χ2v) is 11.5. The monoisotopic (exact) mass is 428 g/mol. The molecule has 1 unspecified atom stereocenters. The molecule has 2 heterocycles. The highest BCUT2D eigenvalue weighted by molar-refractivity contribution is 7.77. The van der Waals surface area contributed by atoms with Gasteiger partial charge >= 0.3 is 0 Å². The van der Waals surface area contributed by atoms with Gasteiger partial charge < -0.3 is 5.11 Å². The molecule has 8 heteroatoms. The smallest absolute Gasteiger partial charge is 0.272 e. The van der Waals surface area contributed by atoms with Crippen molar-refractivity contribution in [2.24, 2.45) is 0 Å². The maximum atomic E-state index is 14.7. The molecule has 1 saturated heterocycles. The Morgan fingerprint density at radius 1 is 1.13 bits per heavy atom. The van der Waals surface area contributed by atoms with Crippen molar-refractivity contribution in [3.8, 4) is 0 Å². The minimum absolute atomic E-state index is 0.302. The van der Waals surface area contributed by atoms with E-state index >= 15 is 0 Å². The number of aromatic nitrogens is 2. The first kappa shape index (κ1) is 19.8. The summed E-state index contributed by atoms with van der Waals surface area (Å²) in [6, 6.07) is 12.0. The minimum Gasteiger partial charge on any atom is -0.382 e. The van der Waals surface area contributed by atoms with Crippen LogP contribution in [0.3, 0.4) is 0 Å². The number of benzene rings is 2. The average molecular weight is 428 g/mol. The number of nitrogens with one attached hydrogen (secondary N) is 1. The van der Waals surface area contributed by atoms with Crippen LogP contribution in [0.5, 0.6) is 0 Å². The van der Waals surface area contributed by atoms with Gasteiger partial charge in [-0.05, 0) is 36.6 Å². The molecule has 2 fully saturated rings. The summed E-state index contributed by atoms with van der Waals surface area (Å²) in [4.78, 5) is 25.8. The highest BCUT2D eigenvalue weighted by atomic mass is 31.2. The summed E-state index contributed by atoms with van der Waals surface area (Å²) in [5.41, 5.74) is 0.426. The van der Waals surface area contributed by atoms with Crippen molar-refractivity contribution in [2.75, 3.05) is 25.4 Å². The Morgan fingerprint density at radius 2 is 1.83 bits per heavy atom. The number of fused-ring (bicyclic) bond motifs is 1. The van der Waals surface area contributed by atoms with E-state index in [2.05, 4.69) is 15.1 Å². The number of aromatic amines is 1. The van der Waals surface area contributed by atoms with E-state index in [0.29, 0.717) is 45.7 Å². The van der Waals surface area contributed by atoms with Crippen molar-refractivity contribution in [1.82, 2.24) is 15.1 Å². The predicted octanol–water partition coefficient (Wildman–Crippen LogP) is 2.17. The SMILES string of the molecule is O=c1[nH]nc(C(O)c2ccc(F)c([P+]3(O)CCN(C4CC4)CC3)c2)c2ccccc12. The first-order valence-corrected chi connectivity index (χ1v) is 12.4. The van der Waals surface area contributed by atoms with Crippen molar-refractivity contribution in [1.29, 1.82) is 0 Å². The molecule has 2 aromatic carbocycles. The molecule has 2 aliphatic rings. The summed E-state index contributed by atoms with van der Waals surface area (Å²) in [6.07, 6.45) is 2.42. The standard InChI is InChI=1S/C22H23FN3O3P/c23-18-8-5-14(13-19(18)30(29)11-9-26(10-12-30)15-6-7-15)21(27)20-16-3-1-2-4-17(16)22(28)25-24-20/h1-5,8,13,15,21,27,29H,6-7,9-12H2/p+1. The van der Waals surface area contributed by atoms with Crippen LogP contribution in [-0.2, 0) is 0 Å². The zero-order chi connectivity index (χ0) is 20.9. The van der Waals surface area contributed by atoms with Crippen LogP contribution >= 0.6 is 7.49 Å². The van der Waals surface area contributed by atoms with Crippen LogP contribution in [-0.4, -0.2) is 56.6 Å². The molecule has 0 amide bonds. The Labute approximate surface area is 173 Å². The first-order valence-electron chi connectivity index (χ1n) is 10.3. The summed E-state index contributed by atoms with van der Waals surface area (Å²) in [5.74, 6) is -0.430. The Morgan fingerprint density at radius 3 is 2.53 bits per heavy atom. The maximum absolute atomic E-state index is 14.7. The fourth-order valence-electron chi connectivity index (χ4n) is 4.38. The second kappa shape index (κ2) is 7.50. The molecule has 6 nitrogen and oxygen atoms in total. The molecule has 30 heavy (non-hydrogen) atoms. The Kier molecular flexibility index (Phi) is 4.94. The molecule has 5 rings (SSSR count). The van der Waals surface area contributed by atoms with Crippen LogP contribution in [0.4, 0.5) is 4.39 Å². The Balaban J connectivity index is 1.49. The van der Waals surface area contributed by atoms with Crippen molar-refractivity contribution in [2.45, 2.75) is 25.0 Å². The summed E-state index contributed by atoms with van der Waals surface area (Å²) in [6.45, 7) is 1.57. The van der Waals surface area contributed by atoms with Crippen molar-refractivity contribution in [3.05, 3.63) is 69.9 Å². The summed E-state index contributed by atoms with van der Waals surface area (Å²) in [7, 11) is -2.62. The van der Waals surface area contributed by atoms with Crippen LogP contribution < -0.4 is 10.9 Å². The van der Waals surface area contributed by atoms with Crippen LogP contribution in [0.2, 0.25) is 0 Å². The Hall–Kier alpha value is -2.18. The molecule has 3 N–H and O–H groups in total. The largest absolute Gasteiger partial charge is 0.382 e. The molecular formula is C22H24FN3O3P+. The van der Waals surface area contributed by atoms with Gasteiger partial charge in [0, 0.05) is 24.5 Å². The van der Waals surface area contributed by atoms with Crippen molar-refractivity contribution >= 4 is 23.6 Å². The number of hydrogen-bond acceptors (Lipinski definition) is 5. The minimum atomic E-state index is -2.62. The Bertz CT molecular complexity index is 1160. The molecule has 1 aliphatic heterocycles. The first-order chi connectivity index (χ1) is 14.5. The van der Waals surface area contributed by atoms with E-state index in [-0.39, 0.29) is 5.56 Å². The van der Waals surface area contributed by atoms with E-state index in [1.807, 2.05) is 0 Å². The van der Waals surface area contributed by atoms with Gasteiger partial charge in [0.2, 0.25) is 0 Å². The normalized spacial score (nSPS) is 20.4. The number of nitrogens with zero attached hydrogens (tertiary/aromatic N) is 2. The van der Waals surface area contributed by atoms with Gasteiger partial charge in [-0.25, -0.2) is 14.4 Å². The highest BCUT2D eigenvalue weighted by Gasteiger charge is 2.47. The molecule has 156 valence electrons. The number of H-pyrrole nitrogens is 1. The van der Waals surface area contributed by atoms with Gasteiger partial charge in [-0.15, -0.1) is 0 Å². The zero-order valence-corrected chi connectivity index (χ0v) is 17.4. The lowest BCUT2D eigenvalue weighted by Gasteiger charge is -2.32. The second-order valence-electron chi connectivity index (χ2n) is 8.23. The van der Waals surface area contributed by atoms with E-state index in [9.17, 15) is 19.2 Å². The molecule has 1 saturated carbocycles. The maximum Gasteiger partial charge on any atom is 0.272 e. The molecule has 0 bridgehead atoms. The molecular weight excluding hydrogens is 404 g/mol. The summed E-state index contributed by atoms with van der Waals surface area (Å²) >= 11 is 0. The van der Waals surface area contributed by atoms with E-state index < -0.39 is 19.4 Å². The molecule has 1 atom stereocenters. The van der Waals surface area contributed by atoms with Crippen molar-refractivity contribution in [3.63, 3.8) is 0 Å². The quantitative estimate of drug-likeness (QED) is 0.555. The highest BCUT2D eigenvalue weighted by Crippen LogP contribution is 2.56. The third-order valence-corrected chi connectivity index (χ3v) is 9.42. The molecule has 1 aliphatic carbocycles. The fourth-order valence-corrected chi connectivity index (χ4v) is 7.12. The molecule has 1 aromatic heterocycles. The number of rotatable bonds is 4. The van der Waals surface area contributed by atoms with E-state index in [4.69, 9.17) is 0 Å². The lowest BCUT2D eigenvalue weighted by molar-refractivity contribution is 0.216. The number of aliphatic hydroxyl groups is 1. The molecule has 0 spiro atoms. The van der Waals surface area contributed by atoms with Gasteiger partial charge in [0.1, 0.15) is 24.1 Å². The zero-order valence-electron chi connectivity index (χ0n) is 16.5. The van der Waals surface area contributed by atoms with Gasteiger partial charge in [0.25, 0.3) is 5.56 Å². The topological polar surface area (TPSA) is 89.5 Å². The fraction of sp³-hybridized carbons (Fsp3) is 0.364. The lowest BCUT2D eigenvalue weighted by atomic mass is 10.0. The number of aliphatic hydroxyl groups excluding tert-OH is 1. The lowest BCUT2D eigenvalue weighted by Crippen LogP contribution is -2.41. The van der Waals surface area contributed by atoms with Crippen LogP contribution in [0.25, 0.3) is 10.8 Å². The van der Waals surface area contributed by atoms with Gasteiger partial charge in [-0.2, -0.15) is 5.10 Å². The van der Waals surface area contributed by atoms with E-state index in [1.165, 1.54) is 25.0 Å². The molecule has 0 radical (unpaired) electrons. The van der Waals surface area contributed by atoms with Crippen LogP contribution in [0.1, 0.15) is 30.2 Å². The van der Waals surface area contributed by atoms with Gasteiger partial charge in [-0.3, -0.25) is 9.69 Å². The third kappa shape index (κ3) is 3.46. The summed E-state index contributed by atoms with van der Waals surface area (Å²) < 4.78 is 14.7. The van der Waals surface area contributed by atoms with Crippen LogP contribution in [0.15, 0.2) is 47.3 Å². The summed E-state index contributed by atoms with van der Waals surface area (Å²) in [5, 5.41) is 18.8. The van der Waals surface area contributed by atoms with Gasteiger partial charge in [-0.1, -0.05) is 24.3 Å². The van der Waals surface area contributed by atoms with E-state index in [1.54, 1.807) is 30.3 Å². The number of halogens is 1.